The summed E-state index contributed by atoms with van der Waals surface area (Å²) in [7, 11) is 0. The van der Waals surface area contributed by atoms with E-state index >= 15 is 0 Å². The minimum Gasteiger partial charge on any atom is -0.493 e. The van der Waals surface area contributed by atoms with Crippen molar-refractivity contribution >= 4 is 33.4 Å². The van der Waals surface area contributed by atoms with Crippen molar-refractivity contribution in [3.05, 3.63) is 56.4 Å². The van der Waals surface area contributed by atoms with Crippen molar-refractivity contribution in [3.8, 4) is 5.75 Å². The summed E-state index contributed by atoms with van der Waals surface area (Å²) >= 11 is 1.16. The molecule has 4 heterocycles. The third-order valence-corrected chi connectivity index (χ3v) is 7.39. The Hall–Kier alpha value is -3.20. The molecule has 0 bridgehead atoms. The molecule has 1 N–H and O–H groups in total. The van der Waals surface area contributed by atoms with Gasteiger partial charge in [0.25, 0.3) is 11.5 Å². The summed E-state index contributed by atoms with van der Waals surface area (Å²) in [5.41, 5.74) is 1.38. The first-order valence-corrected chi connectivity index (χ1v) is 12.1. The second kappa shape index (κ2) is 8.97. The summed E-state index contributed by atoms with van der Waals surface area (Å²) in [5, 5.41) is 3.39. The van der Waals surface area contributed by atoms with E-state index in [9.17, 15) is 14.4 Å². The number of hydrogen-bond donors (Lipinski definition) is 1. The number of esters is 1. The van der Waals surface area contributed by atoms with Crippen LogP contribution in [0.2, 0.25) is 0 Å². The quantitative estimate of drug-likeness (QED) is 0.591. The van der Waals surface area contributed by atoms with Crippen molar-refractivity contribution in [2.24, 2.45) is 0 Å². The van der Waals surface area contributed by atoms with Crippen molar-refractivity contribution in [3.63, 3.8) is 0 Å². The first-order chi connectivity index (χ1) is 16.0. The Balaban J connectivity index is 1.30. The number of amides is 1. The van der Waals surface area contributed by atoms with E-state index in [0.717, 1.165) is 54.2 Å². The van der Waals surface area contributed by atoms with Gasteiger partial charge in [0, 0.05) is 24.9 Å². The van der Waals surface area contributed by atoms with Crippen LogP contribution in [0.15, 0.2) is 29.1 Å². The van der Waals surface area contributed by atoms with E-state index in [1.165, 1.54) is 0 Å². The van der Waals surface area contributed by atoms with Crippen LogP contribution in [0.1, 0.15) is 58.3 Å². The maximum atomic E-state index is 13.1. The Morgan fingerprint density at radius 3 is 3.00 bits per heavy atom. The van der Waals surface area contributed by atoms with Gasteiger partial charge in [-0.25, -0.2) is 9.78 Å². The molecule has 2 aromatic heterocycles. The van der Waals surface area contributed by atoms with Gasteiger partial charge in [0.2, 0.25) is 0 Å². The smallest absolute Gasteiger partial charge is 0.349 e. The largest absolute Gasteiger partial charge is 0.493 e. The van der Waals surface area contributed by atoms with Crippen molar-refractivity contribution in [1.82, 2.24) is 14.9 Å². The second-order valence-corrected chi connectivity index (χ2v) is 9.40. The lowest BCUT2D eigenvalue weighted by atomic mass is 10.0. The Kier molecular flexibility index (Phi) is 5.88. The standard InChI is InChI=1S/C24H25N3O5S/c1-14-20-22(26-18-9-3-2-6-11-27(18)23(20)29)33-21(14)24(30)32-13-19(28)25-16-10-12-31-17-8-5-4-7-15(16)17/h4-5,7-8,16H,2-3,6,9-13H2,1H3,(H,25,28). The van der Waals surface area contributed by atoms with Gasteiger partial charge in [-0.3, -0.25) is 14.2 Å². The van der Waals surface area contributed by atoms with Crippen LogP contribution < -0.4 is 15.6 Å². The van der Waals surface area contributed by atoms with Crippen molar-refractivity contribution in [2.75, 3.05) is 13.2 Å². The zero-order valence-corrected chi connectivity index (χ0v) is 19.2. The molecule has 5 rings (SSSR count). The highest BCUT2D eigenvalue weighted by Gasteiger charge is 2.25. The molecule has 1 aromatic carbocycles. The third-order valence-electron chi connectivity index (χ3n) is 6.22. The number of nitrogens with zero attached hydrogens (tertiary/aromatic N) is 2. The van der Waals surface area contributed by atoms with Gasteiger partial charge in [0.1, 0.15) is 21.3 Å². The summed E-state index contributed by atoms with van der Waals surface area (Å²) in [5.74, 6) is 0.540. The van der Waals surface area contributed by atoms with Crippen molar-refractivity contribution in [1.29, 1.82) is 0 Å². The summed E-state index contributed by atoms with van der Waals surface area (Å²) in [6, 6.07) is 7.38. The molecule has 0 saturated carbocycles. The predicted molar refractivity (Wildman–Crippen MR) is 124 cm³/mol. The molecule has 0 spiro atoms. The number of aryl methyl sites for hydroxylation is 2. The fourth-order valence-electron chi connectivity index (χ4n) is 4.53. The minimum atomic E-state index is -0.613. The lowest BCUT2D eigenvalue weighted by Gasteiger charge is -2.26. The molecule has 172 valence electrons. The van der Waals surface area contributed by atoms with E-state index in [0.29, 0.717) is 40.2 Å². The Labute approximate surface area is 194 Å². The number of rotatable bonds is 4. The first kappa shape index (κ1) is 21.6. The minimum absolute atomic E-state index is 0.0966. The van der Waals surface area contributed by atoms with Gasteiger partial charge < -0.3 is 14.8 Å². The van der Waals surface area contributed by atoms with Crippen LogP contribution in [0.4, 0.5) is 0 Å². The van der Waals surface area contributed by atoms with Crippen LogP contribution >= 0.6 is 11.3 Å². The predicted octanol–water partition coefficient (Wildman–Crippen LogP) is 3.29. The molecule has 33 heavy (non-hydrogen) atoms. The summed E-state index contributed by atoms with van der Waals surface area (Å²) in [4.78, 5) is 43.9. The second-order valence-electron chi connectivity index (χ2n) is 8.40. The molecule has 1 unspecified atom stereocenters. The highest BCUT2D eigenvalue weighted by Crippen LogP contribution is 2.32. The highest BCUT2D eigenvalue weighted by atomic mass is 32.1. The molecule has 0 fully saturated rings. The maximum Gasteiger partial charge on any atom is 0.349 e. The average Bonchev–Trinajstić information content (AvgIpc) is 2.98. The lowest BCUT2D eigenvalue weighted by molar-refractivity contribution is -0.125. The fourth-order valence-corrected chi connectivity index (χ4v) is 5.61. The van der Waals surface area contributed by atoms with Crippen molar-refractivity contribution in [2.45, 2.75) is 51.6 Å². The van der Waals surface area contributed by atoms with E-state index in [1.807, 2.05) is 24.3 Å². The molecular weight excluding hydrogens is 442 g/mol. The van der Waals surface area contributed by atoms with Gasteiger partial charge in [0.15, 0.2) is 6.61 Å². The Morgan fingerprint density at radius 1 is 1.27 bits per heavy atom. The molecule has 9 heteroatoms. The fraction of sp³-hybridized carbons (Fsp3) is 0.417. The van der Waals surface area contributed by atoms with Crippen LogP contribution in [0.5, 0.6) is 5.75 Å². The van der Waals surface area contributed by atoms with Crippen LogP contribution in [-0.2, 0) is 22.5 Å². The molecule has 1 atom stereocenters. The Morgan fingerprint density at radius 2 is 2.12 bits per heavy atom. The normalized spacial score (nSPS) is 17.4. The average molecular weight is 468 g/mol. The lowest BCUT2D eigenvalue weighted by Crippen LogP contribution is -2.35. The molecule has 1 amide bonds. The monoisotopic (exact) mass is 467 g/mol. The molecule has 0 saturated heterocycles. The van der Waals surface area contributed by atoms with Gasteiger partial charge in [-0.2, -0.15) is 0 Å². The number of thiophene rings is 1. The number of para-hydroxylation sites is 1. The molecular formula is C24H25N3O5S. The van der Waals surface area contributed by atoms with E-state index in [4.69, 9.17) is 9.47 Å². The van der Waals surface area contributed by atoms with E-state index in [1.54, 1.807) is 11.5 Å². The van der Waals surface area contributed by atoms with Crippen LogP contribution in [0.3, 0.4) is 0 Å². The first-order valence-electron chi connectivity index (χ1n) is 11.2. The number of carbonyl (C=O) groups is 2. The molecule has 3 aromatic rings. The van der Waals surface area contributed by atoms with Gasteiger partial charge in [-0.05, 0) is 31.4 Å². The summed E-state index contributed by atoms with van der Waals surface area (Å²) in [6.07, 6.45) is 4.44. The number of hydrogen-bond acceptors (Lipinski definition) is 7. The van der Waals surface area contributed by atoms with Crippen molar-refractivity contribution < 1.29 is 19.1 Å². The van der Waals surface area contributed by atoms with Crippen LogP contribution in [0, 0.1) is 6.92 Å². The van der Waals surface area contributed by atoms with E-state index < -0.39 is 12.6 Å². The Bertz CT molecular complexity index is 1300. The van der Waals surface area contributed by atoms with Crippen LogP contribution in [0.25, 0.3) is 10.2 Å². The molecule has 0 radical (unpaired) electrons. The van der Waals surface area contributed by atoms with Gasteiger partial charge in [0.05, 0.1) is 18.0 Å². The number of ether oxygens (including phenoxy) is 2. The summed E-state index contributed by atoms with van der Waals surface area (Å²) in [6.45, 7) is 2.51. The van der Waals surface area contributed by atoms with E-state index in [-0.39, 0.29) is 17.5 Å². The number of benzene rings is 1. The van der Waals surface area contributed by atoms with Gasteiger partial charge in [-0.15, -0.1) is 11.3 Å². The number of aromatic nitrogens is 2. The molecule has 2 aliphatic rings. The topological polar surface area (TPSA) is 99.5 Å². The number of fused-ring (bicyclic) bond motifs is 3. The zero-order chi connectivity index (χ0) is 22.9. The number of carbonyl (C=O) groups excluding carboxylic acids is 2. The van der Waals surface area contributed by atoms with E-state index in [2.05, 4.69) is 10.3 Å². The van der Waals surface area contributed by atoms with Crippen LogP contribution in [-0.4, -0.2) is 34.6 Å². The number of nitrogens with one attached hydrogen (secondary N) is 1. The molecule has 8 nitrogen and oxygen atoms in total. The summed E-state index contributed by atoms with van der Waals surface area (Å²) < 4.78 is 12.7. The van der Waals surface area contributed by atoms with Gasteiger partial charge in [-0.1, -0.05) is 24.6 Å². The third kappa shape index (κ3) is 4.13. The molecule has 2 aliphatic heterocycles. The van der Waals surface area contributed by atoms with Gasteiger partial charge >= 0.3 is 5.97 Å². The maximum absolute atomic E-state index is 13.1. The SMILES string of the molecule is Cc1c(C(=O)OCC(=O)NC2CCOc3ccccc32)sc2nc3n(c(=O)c12)CCCCC3. The highest BCUT2D eigenvalue weighted by molar-refractivity contribution is 7.20. The zero-order valence-electron chi connectivity index (χ0n) is 18.4. The molecule has 0 aliphatic carbocycles.